The Kier molecular flexibility index (Phi) is 4.05. The van der Waals surface area contributed by atoms with Gasteiger partial charge in [-0.2, -0.15) is 9.57 Å². The molecule has 0 saturated carbocycles. The number of halogens is 2. The van der Waals surface area contributed by atoms with Gasteiger partial charge < -0.3 is 0 Å². The van der Waals surface area contributed by atoms with E-state index in [-0.39, 0.29) is 5.69 Å². The van der Waals surface area contributed by atoms with E-state index < -0.39 is 5.82 Å². The Bertz CT molecular complexity index is 905. The number of benzene rings is 1. The van der Waals surface area contributed by atoms with Crippen LogP contribution in [0.3, 0.4) is 0 Å². The van der Waals surface area contributed by atoms with Crippen molar-refractivity contribution in [3.8, 4) is 0 Å². The highest BCUT2D eigenvalue weighted by molar-refractivity contribution is 7.98. The first-order chi connectivity index (χ1) is 11.6. The summed E-state index contributed by atoms with van der Waals surface area (Å²) in [4.78, 5) is 4.34. The van der Waals surface area contributed by atoms with Gasteiger partial charge >= 0.3 is 0 Å². The van der Waals surface area contributed by atoms with Crippen LogP contribution in [0, 0.1) is 5.82 Å². The van der Waals surface area contributed by atoms with Gasteiger partial charge in [0.2, 0.25) is 0 Å². The molecule has 0 amide bonds. The van der Waals surface area contributed by atoms with Crippen LogP contribution in [-0.4, -0.2) is 31.2 Å². The van der Waals surface area contributed by atoms with Gasteiger partial charge in [-0.05, 0) is 35.7 Å². The van der Waals surface area contributed by atoms with Crippen LogP contribution in [0.1, 0.15) is 11.1 Å². The van der Waals surface area contributed by atoms with Crippen molar-refractivity contribution in [1.29, 1.82) is 0 Å². The van der Waals surface area contributed by atoms with Gasteiger partial charge in [0.15, 0.2) is 5.65 Å². The number of aromatic amines is 1. The molecule has 2 N–H and O–H groups in total. The summed E-state index contributed by atoms with van der Waals surface area (Å²) in [7, 11) is 0. The lowest BCUT2D eigenvalue weighted by atomic mass is 10.0. The fourth-order valence-electron chi connectivity index (χ4n) is 2.78. The Balaban J connectivity index is 1.53. The van der Waals surface area contributed by atoms with Crippen molar-refractivity contribution in [2.24, 2.45) is 0 Å². The third-order valence-electron chi connectivity index (χ3n) is 3.95. The molecule has 3 heterocycles. The van der Waals surface area contributed by atoms with E-state index in [0.29, 0.717) is 18.1 Å². The van der Waals surface area contributed by atoms with Crippen molar-refractivity contribution >= 4 is 40.5 Å². The maximum Gasteiger partial charge on any atom is 0.155 e. The highest BCUT2D eigenvalue weighted by Crippen LogP contribution is 2.32. The molecule has 0 aliphatic carbocycles. The highest BCUT2D eigenvalue weighted by atomic mass is 35.5. The topological polar surface area (TPSA) is 68.3 Å². The number of nitrogens with zero attached hydrogens (tertiary/aromatic N) is 4. The monoisotopic (exact) mass is 365 g/mol. The summed E-state index contributed by atoms with van der Waals surface area (Å²) >= 11 is 6.91. The zero-order valence-corrected chi connectivity index (χ0v) is 14.0. The fraction of sp³-hybridized carbons (Fsp3) is 0.200. The van der Waals surface area contributed by atoms with Gasteiger partial charge in [-0.3, -0.25) is 10.3 Å². The van der Waals surface area contributed by atoms with E-state index in [1.807, 2.05) is 10.5 Å². The first-order valence-corrected chi connectivity index (χ1v) is 8.39. The molecule has 0 fully saturated rings. The van der Waals surface area contributed by atoms with E-state index in [2.05, 4.69) is 15.2 Å². The molecule has 1 aromatic carbocycles. The van der Waals surface area contributed by atoms with E-state index in [0.717, 1.165) is 39.6 Å². The van der Waals surface area contributed by atoms with Crippen LogP contribution in [0.5, 0.6) is 0 Å². The zero-order chi connectivity index (χ0) is 16.7. The fourth-order valence-corrected chi connectivity index (χ4v) is 3.77. The van der Waals surface area contributed by atoms with E-state index in [4.69, 9.17) is 11.6 Å². The van der Waals surface area contributed by atoms with Gasteiger partial charge in [0.25, 0.3) is 0 Å². The normalized spacial score (nSPS) is 14.8. The van der Waals surface area contributed by atoms with Gasteiger partial charge in [0, 0.05) is 29.7 Å². The molecule has 0 radical (unpaired) electrons. The quantitative estimate of drug-likeness (QED) is 0.546. The lowest BCUT2D eigenvalue weighted by Crippen LogP contribution is -2.29. The van der Waals surface area contributed by atoms with Gasteiger partial charge in [-0.15, -0.1) is 0 Å². The first kappa shape index (κ1) is 15.6. The molecular formula is C15H13ClFN5OS. The largest absolute Gasteiger partial charge is 0.276 e. The van der Waals surface area contributed by atoms with Crippen molar-refractivity contribution in [2.75, 3.05) is 11.0 Å². The van der Waals surface area contributed by atoms with Crippen molar-refractivity contribution in [1.82, 2.24) is 19.5 Å². The molecule has 1 aliphatic heterocycles. The van der Waals surface area contributed by atoms with Crippen LogP contribution in [-0.2, 0) is 13.0 Å². The van der Waals surface area contributed by atoms with Crippen LogP contribution in [0.15, 0.2) is 30.6 Å². The summed E-state index contributed by atoms with van der Waals surface area (Å²) in [6, 6.07) is 4.06. The van der Waals surface area contributed by atoms with Crippen molar-refractivity contribution in [3.05, 3.63) is 52.6 Å². The van der Waals surface area contributed by atoms with Gasteiger partial charge in [-0.1, -0.05) is 11.6 Å². The standard InChI is InChI=1S/C15H13ClFN5OS/c16-10-1-2-13(17)14(5-10)22(23)24-21-4-3-11-9(8-21)6-18-15-12(11)7-19-20-15/h1-2,5-7,23H,3-4,8H2,(H,18,19,20). The number of hydrogen-bond acceptors (Lipinski definition) is 6. The Hall–Kier alpha value is -1.87. The number of anilines is 1. The van der Waals surface area contributed by atoms with Crippen LogP contribution in [0.4, 0.5) is 10.1 Å². The second kappa shape index (κ2) is 6.21. The molecular weight excluding hydrogens is 353 g/mol. The van der Waals surface area contributed by atoms with Crippen LogP contribution in [0.2, 0.25) is 5.02 Å². The maximum absolute atomic E-state index is 13.8. The first-order valence-electron chi connectivity index (χ1n) is 7.29. The van der Waals surface area contributed by atoms with E-state index >= 15 is 0 Å². The number of aromatic nitrogens is 3. The lowest BCUT2D eigenvalue weighted by Gasteiger charge is -2.30. The Labute approximate surface area is 146 Å². The molecule has 0 saturated heterocycles. The minimum Gasteiger partial charge on any atom is -0.276 e. The summed E-state index contributed by atoms with van der Waals surface area (Å²) in [5.74, 6) is -0.534. The molecule has 4 rings (SSSR count). The summed E-state index contributed by atoms with van der Waals surface area (Å²) in [5, 5.41) is 18.5. The number of hydrogen-bond donors (Lipinski definition) is 2. The molecule has 2 aromatic heterocycles. The predicted octanol–water partition coefficient (Wildman–Crippen LogP) is 3.57. The van der Waals surface area contributed by atoms with Gasteiger partial charge in [-0.25, -0.2) is 13.7 Å². The summed E-state index contributed by atoms with van der Waals surface area (Å²) in [6.45, 7) is 1.30. The van der Waals surface area contributed by atoms with E-state index in [1.54, 1.807) is 6.20 Å². The van der Waals surface area contributed by atoms with Gasteiger partial charge in [0.1, 0.15) is 11.5 Å². The number of H-pyrrole nitrogens is 1. The van der Waals surface area contributed by atoms with E-state index in [9.17, 15) is 9.60 Å². The Morgan fingerprint density at radius 2 is 2.25 bits per heavy atom. The number of fused-ring (bicyclic) bond motifs is 3. The summed E-state index contributed by atoms with van der Waals surface area (Å²) in [6.07, 6.45) is 4.39. The predicted molar refractivity (Wildman–Crippen MR) is 91.3 cm³/mol. The van der Waals surface area contributed by atoms with Crippen LogP contribution in [0.25, 0.3) is 11.0 Å². The average Bonchev–Trinajstić information content (AvgIpc) is 3.05. The molecule has 24 heavy (non-hydrogen) atoms. The van der Waals surface area contributed by atoms with Crippen molar-refractivity contribution in [3.63, 3.8) is 0 Å². The van der Waals surface area contributed by atoms with Crippen molar-refractivity contribution < 1.29 is 9.60 Å². The third kappa shape index (κ3) is 2.82. The average molecular weight is 366 g/mol. The Morgan fingerprint density at radius 1 is 1.38 bits per heavy atom. The highest BCUT2D eigenvalue weighted by Gasteiger charge is 2.23. The molecule has 124 valence electrons. The molecule has 6 nitrogen and oxygen atoms in total. The number of pyridine rings is 1. The number of nitrogens with one attached hydrogen (secondary N) is 1. The SMILES string of the molecule is ON(SN1CCc2c(cnc3[nH]ncc23)C1)c1cc(Cl)ccc1F. The smallest absolute Gasteiger partial charge is 0.155 e. The molecule has 0 atom stereocenters. The van der Waals surface area contributed by atoms with Gasteiger partial charge in [0.05, 0.1) is 18.3 Å². The minimum absolute atomic E-state index is 0.0294. The lowest BCUT2D eigenvalue weighted by molar-refractivity contribution is 0.316. The minimum atomic E-state index is -0.534. The third-order valence-corrected chi connectivity index (χ3v) is 5.08. The maximum atomic E-state index is 13.8. The second-order valence-corrected chi connectivity index (χ2v) is 6.92. The number of rotatable bonds is 3. The molecule has 1 aliphatic rings. The molecule has 0 bridgehead atoms. The molecule has 0 spiro atoms. The summed E-state index contributed by atoms with van der Waals surface area (Å²) < 4.78 is 16.6. The van der Waals surface area contributed by atoms with Crippen molar-refractivity contribution in [2.45, 2.75) is 13.0 Å². The molecule has 3 aromatic rings. The van der Waals surface area contributed by atoms with Crippen LogP contribution < -0.4 is 4.47 Å². The van der Waals surface area contributed by atoms with E-state index in [1.165, 1.54) is 23.8 Å². The second-order valence-electron chi connectivity index (χ2n) is 5.46. The molecule has 9 heteroatoms. The Morgan fingerprint density at radius 3 is 3.12 bits per heavy atom. The molecule has 0 unspecified atom stereocenters. The summed E-state index contributed by atoms with van der Waals surface area (Å²) in [5.41, 5.74) is 3.09. The van der Waals surface area contributed by atoms with Crippen LogP contribution >= 0.6 is 23.7 Å². The zero-order valence-electron chi connectivity index (χ0n) is 12.4.